The maximum Gasteiger partial charge on any atom is 0.371 e. The first-order valence-electron chi connectivity index (χ1n) is 6.29. The number of carbonyl (C=O) groups is 2. The Labute approximate surface area is 120 Å². The first-order valence-corrected chi connectivity index (χ1v) is 6.29. The Kier molecular flexibility index (Phi) is 4.55. The monoisotopic (exact) mass is 290 g/mol. The highest BCUT2D eigenvalue weighted by atomic mass is 16.5. The number of carbonyl (C=O) groups excluding carboxylic acids is 1. The van der Waals surface area contributed by atoms with Crippen molar-refractivity contribution in [2.75, 3.05) is 11.9 Å². The van der Waals surface area contributed by atoms with Gasteiger partial charge in [0.05, 0.1) is 13.2 Å². The number of hydrogen-bond donors (Lipinski definition) is 2. The van der Waals surface area contributed by atoms with Crippen molar-refractivity contribution in [1.82, 2.24) is 4.98 Å². The van der Waals surface area contributed by atoms with Gasteiger partial charge in [0.25, 0.3) is 0 Å². The molecule has 2 aromatic rings. The van der Waals surface area contributed by atoms with E-state index in [9.17, 15) is 9.59 Å². The smallest absolute Gasteiger partial charge is 0.371 e. The SMILES string of the molecule is CCOC(=O)c1cccnc1NCc1ccc(C(=O)O)o1. The first-order chi connectivity index (χ1) is 10.1. The number of rotatable bonds is 6. The second-order valence-corrected chi connectivity index (χ2v) is 4.04. The summed E-state index contributed by atoms with van der Waals surface area (Å²) in [6.07, 6.45) is 1.54. The molecule has 21 heavy (non-hydrogen) atoms. The number of aromatic carboxylic acids is 1. The van der Waals surface area contributed by atoms with E-state index < -0.39 is 11.9 Å². The Hall–Kier alpha value is -2.83. The van der Waals surface area contributed by atoms with Gasteiger partial charge in [-0.1, -0.05) is 0 Å². The molecule has 110 valence electrons. The molecule has 0 atom stereocenters. The zero-order valence-corrected chi connectivity index (χ0v) is 11.3. The molecule has 7 nitrogen and oxygen atoms in total. The number of ether oxygens (including phenoxy) is 1. The van der Waals surface area contributed by atoms with Crippen LogP contribution < -0.4 is 5.32 Å². The normalized spacial score (nSPS) is 10.1. The summed E-state index contributed by atoms with van der Waals surface area (Å²) in [7, 11) is 0. The minimum Gasteiger partial charge on any atom is -0.475 e. The summed E-state index contributed by atoms with van der Waals surface area (Å²) < 4.78 is 10.0. The van der Waals surface area contributed by atoms with E-state index in [4.69, 9.17) is 14.3 Å². The molecule has 0 aliphatic rings. The molecule has 0 spiro atoms. The average molecular weight is 290 g/mol. The van der Waals surface area contributed by atoms with Crippen LogP contribution in [0.15, 0.2) is 34.9 Å². The van der Waals surface area contributed by atoms with E-state index in [1.807, 2.05) is 0 Å². The Balaban J connectivity index is 2.09. The Bertz CT molecular complexity index is 650. The summed E-state index contributed by atoms with van der Waals surface area (Å²) in [6, 6.07) is 6.14. The molecule has 0 radical (unpaired) electrons. The van der Waals surface area contributed by atoms with E-state index >= 15 is 0 Å². The maximum absolute atomic E-state index is 11.8. The number of aromatic nitrogens is 1. The van der Waals surface area contributed by atoms with Crippen LogP contribution in [0.1, 0.15) is 33.6 Å². The van der Waals surface area contributed by atoms with Gasteiger partial charge in [-0.05, 0) is 31.2 Å². The van der Waals surface area contributed by atoms with Crippen LogP contribution in [0.2, 0.25) is 0 Å². The molecule has 0 saturated carbocycles. The van der Waals surface area contributed by atoms with Crippen LogP contribution in [0.4, 0.5) is 5.82 Å². The number of furan rings is 1. The second kappa shape index (κ2) is 6.56. The van der Waals surface area contributed by atoms with Crippen LogP contribution in [-0.2, 0) is 11.3 Å². The number of nitrogens with zero attached hydrogens (tertiary/aromatic N) is 1. The van der Waals surface area contributed by atoms with E-state index in [0.717, 1.165) is 0 Å². The molecule has 2 heterocycles. The standard InChI is InChI=1S/C14H14N2O5/c1-2-20-14(19)10-4-3-7-15-12(10)16-8-9-5-6-11(21-9)13(17)18/h3-7H,2,8H2,1H3,(H,15,16)(H,17,18). The minimum atomic E-state index is -1.13. The number of carboxylic acids is 1. The zero-order valence-electron chi connectivity index (χ0n) is 11.3. The molecular weight excluding hydrogens is 276 g/mol. The third-order valence-electron chi connectivity index (χ3n) is 2.61. The van der Waals surface area contributed by atoms with Gasteiger partial charge >= 0.3 is 11.9 Å². The summed E-state index contributed by atoms with van der Waals surface area (Å²) in [5.41, 5.74) is 0.310. The molecule has 2 aromatic heterocycles. The lowest BCUT2D eigenvalue weighted by Gasteiger charge is -2.08. The van der Waals surface area contributed by atoms with Crippen molar-refractivity contribution in [3.8, 4) is 0 Å². The molecule has 0 aromatic carbocycles. The molecule has 0 bridgehead atoms. The zero-order chi connectivity index (χ0) is 15.2. The predicted molar refractivity (Wildman–Crippen MR) is 73.2 cm³/mol. The third-order valence-corrected chi connectivity index (χ3v) is 2.61. The molecule has 0 aliphatic heterocycles. The molecule has 0 aliphatic carbocycles. The van der Waals surface area contributed by atoms with Crippen molar-refractivity contribution in [2.24, 2.45) is 0 Å². The average Bonchev–Trinajstić information content (AvgIpc) is 2.95. The third kappa shape index (κ3) is 3.59. The minimum absolute atomic E-state index is 0.140. The highest BCUT2D eigenvalue weighted by molar-refractivity contribution is 5.94. The van der Waals surface area contributed by atoms with E-state index in [1.54, 1.807) is 25.1 Å². The maximum atomic E-state index is 11.8. The molecule has 0 amide bonds. The van der Waals surface area contributed by atoms with Gasteiger partial charge in [0.2, 0.25) is 5.76 Å². The fourth-order valence-corrected chi connectivity index (χ4v) is 1.68. The summed E-state index contributed by atoms with van der Waals surface area (Å²) in [5.74, 6) is -0.972. The largest absolute Gasteiger partial charge is 0.475 e. The number of hydrogen-bond acceptors (Lipinski definition) is 6. The van der Waals surface area contributed by atoms with Gasteiger partial charge in [-0.2, -0.15) is 0 Å². The molecule has 2 rings (SSSR count). The van der Waals surface area contributed by atoms with E-state index in [2.05, 4.69) is 10.3 Å². The van der Waals surface area contributed by atoms with Gasteiger partial charge in [0, 0.05) is 6.20 Å². The van der Waals surface area contributed by atoms with Crippen molar-refractivity contribution in [2.45, 2.75) is 13.5 Å². The van der Waals surface area contributed by atoms with Crippen LogP contribution in [0, 0.1) is 0 Å². The van der Waals surface area contributed by atoms with Gasteiger partial charge in [0.1, 0.15) is 17.1 Å². The molecule has 0 fully saturated rings. The van der Waals surface area contributed by atoms with E-state index in [1.165, 1.54) is 12.3 Å². The van der Waals surface area contributed by atoms with E-state index in [0.29, 0.717) is 17.1 Å². The fraction of sp³-hybridized carbons (Fsp3) is 0.214. The Morgan fingerprint density at radius 2 is 2.19 bits per heavy atom. The highest BCUT2D eigenvalue weighted by Crippen LogP contribution is 2.15. The van der Waals surface area contributed by atoms with Gasteiger partial charge in [-0.25, -0.2) is 14.6 Å². The molecular formula is C14H14N2O5. The van der Waals surface area contributed by atoms with Gasteiger partial charge in [-0.15, -0.1) is 0 Å². The van der Waals surface area contributed by atoms with Crippen molar-refractivity contribution < 1.29 is 23.8 Å². The quantitative estimate of drug-likeness (QED) is 0.786. The highest BCUT2D eigenvalue weighted by Gasteiger charge is 2.14. The Morgan fingerprint density at radius 1 is 1.38 bits per heavy atom. The lowest BCUT2D eigenvalue weighted by molar-refractivity contribution is 0.0526. The van der Waals surface area contributed by atoms with Crippen LogP contribution in [0.3, 0.4) is 0 Å². The number of carboxylic acid groups (broad SMARTS) is 1. The second-order valence-electron chi connectivity index (χ2n) is 4.04. The summed E-state index contributed by atoms with van der Waals surface area (Å²) in [6.45, 7) is 2.20. The Morgan fingerprint density at radius 3 is 2.86 bits per heavy atom. The number of nitrogens with one attached hydrogen (secondary N) is 1. The van der Waals surface area contributed by atoms with Crippen LogP contribution >= 0.6 is 0 Å². The van der Waals surface area contributed by atoms with Crippen molar-refractivity contribution in [3.05, 3.63) is 47.5 Å². The summed E-state index contributed by atoms with van der Waals surface area (Å²) in [4.78, 5) is 26.6. The fourth-order valence-electron chi connectivity index (χ4n) is 1.68. The van der Waals surface area contributed by atoms with Crippen LogP contribution in [-0.4, -0.2) is 28.6 Å². The lowest BCUT2D eigenvalue weighted by Crippen LogP contribution is -2.11. The van der Waals surface area contributed by atoms with Crippen LogP contribution in [0.25, 0.3) is 0 Å². The lowest BCUT2D eigenvalue weighted by atomic mass is 10.2. The van der Waals surface area contributed by atoms with Gasteiger partial charge in [-0.3, -0.25) is 0 Å². The van der Waals surface area contributed by atoms with Gasteiger partial charge < -0.3 is 19.6 Å². The molecule has 2 N–H and O–H groups in total. The molecule has 7 heteroatoms. The summed E-state index contributed by atoms with van der Waals surface area (Å²) >= 11 is 0. The molecule has 0 unspecified atom stereocenters. The van der Waals surface area contributed by atoms with Crippen LogP contribution in [0.5, 0.6) is 0 Å². The van der Waals surface area contributed by atoms with E-state index in [-0.39, 0.29) is 18.9 Å². The summed E-state index contributed by atoms with van der Waals surface area (Å²) in [5, 5.41) is 11.7. The molecule has 0 saturated heterocycles. The number of pyridine rings is 1. The topological polar surface area (TPSA) is 102 Å². The van der Waals surface area contributed by atoms with Crippen molar-refractivity contribution in [1.29, 1.82) is 0 Å². The predicted octanol–water partition coefficient (Wildman–Crippen LogP) is 2.16. The number of anilines is 1. The van der Waals surface area contributed by atoms with Crippen molar-refractivity contribution in [3.63, 3.8) is 0 Å². The van der Waals surface area contributed by atoms with Crippen molar-refractivity contribution >= 4 is 17.8 Å². The van der Waals surface area contributed by atoms with Gasteiger partial charge in [0.15, 0.2) is 0 Å². The number of esters is 1. The first kappa shape index (κ1) is 14.6.